The molecule has 100 valence electrons. The van der Waals surface area contributed by atoms with E-state index >= 15 is 0 Å². The molecule has 2 aromatic rings. The second kappa shape index (κ2) is 4.85. The van der Waals surface area contributed by atoms with Crippen LogP contribution in [-0.2, 0) is 4.79 Å². The molecule has 0 bridgehead atoms. The number of piperidine rings is 1. The highest BCUT2D eigenvalue weighted by atomic mass is 35.5. The van der Waals surface area contributed by atoms with Crippen molar-refractivity contribution in [3.8, 4) is 0 Å². The smallest absolute Gasteiger partial charge is 0.219 e. The average Bonchev–Trinajstić information content (AvgIpc) is 2.84. The standard InChI is InChI=1S/C14H16ClN3O/c1-9(19)18-6-2-3-10(8-18)13-7-11-12(15)4-5-16-14(11)17-13/h4-5,7,10H,2-3,6,8H2,1H3,(H,16,17)/t10-/m0/s1. The molecule has 3 heterocycles. The van der Waals surface area contributed by atoms with Crippen molar-refractivity contribution >= 4 is 28.5 Å². The van der Waals surface area contributed by atoms with Crippen LogP contribution in [0, 0.1) is 0 Å². The van der Waals surface area contributed by atoms with E-state index in [1.54, 1.807) is 19.2 Å². The van der Waals surface area contributed by atoms with E-state index in [4.69, 9.17) is 11.6 Å². The first-order chi connectivity index (χ1) is 9.15. The van der Waals surface area contributed by atoms with Crippen LogP contribution in [0.3, 0.4) is 0 Å². The summed E-state index contributed by atoms with van der Waals surface area (Å²) in [4.78, 5) is 21.0. The van der Waals surface area contributed by atoms with Gasteiger partial charge in [0.15, 0.2) is 0 Å². The predicted octanol–water partition coefficient (Wildman–Crippen LogP) is 2.94. The molecule has 1 amide bonds. The summed E-state index contributed by atoms with van der Waals surface area (Å²) in [7, 11) is 0. The second-order valence-corrected chi connectivity index (χ2v) is 5.49. The minimum Gasteiger partial charge on any atom is -0.343 e. The number of hydrogen-bond donors (Lipinski definition) is 1. The van der Waals surface area contributed by atoms with E-state index in [0.29, 0.717) is 10.9 Å². The number of fused-ring (bicyclic) bond motifs is 1. The molecule has 1 fully saturated rings. The fourth-order valence-corrected chi connectivity index (χ4v) is 2.95. The molecule has 19 heavy (non-hydrogen) atoms. The molecule has 1 aliphatic rings. The summed E-state index contributed by atoms with van der Waals surface area (Å²) in [6, 6.07) is 3.86. The molecule has 1 aliphatic heterocycles. The maximum absolute atomic E-state index is 11.5. The number of H-pyrrole nitrogens is 1. The van der Waals surface area contributed by atoms with Crippen LogP contribution in [0.4, 0.5) is 0 Å². The Labute approximate surface area is 116 Å². The van der Waals surface area contributed by atoms with Crippen molar-refractivity contribution in [3.05, 3.63) is 29.0 Å². The van der Waals surface area contributed by atoms with E-state index in [1.807, 2.05) is 4.90 Å². The fourth-order valence-electron chi connectivity index (χ4n) is 2.75. The summed E-state index contributed by atoms with van der Waals surface area (Å²) in [6.07, 6.45) is 3.84. The lowest BCUT2D eigenvalue weighted by atomic mass is 9.95. The summed E-state index contributed by atoms with van der Waals surface area (Å²) in [5, 5.41) is 1.67. The van der Waals surface area contributed by atoms with Crippen molar-refractivity contribution in [3.63, 3.8) is 0 Å². The molecule has 0 saturated carbocycles. The van der Waals surface area contributed by atoms with Crippen LogP contribution >= 0.6 is 11.6 Å². The van der Waals surface area contributed by atoms with Crippen LogP contribution in [0.15, 0.2) is 18.3 Å². The Morgan fingerprint density at radius 3 is 3.16 bits per heavy atom. The molecule has 1 saturated heterocycles. The molecular weight excluding hydrogens is 262 g/mol. The molecule has 3 rings (SSSR count). The number of carbonyl (C=O) groups is 1. The number of rotatable bonds is 1. The minimum absolute atomic E-state index is 0.150. The Morgan fingerprint density at radius 2 is 2.42 bits per heavy atom. The summed E-state index contributed by atoms with van der Waals surface area (Å²) < 4.78 is 0. The molecule has 5 heteroatoms. The Kier molecular flexibility index (Phi) is 3.19. The maximum Gasteiger partial charge on any atom is 0.219 e. The highest BCUT2D eigenvalue weighted by Gasteiger charge is 2.24. The molecule has 0 aromatic carbocycles. The SMILES string of the molecule is CC(=O)N1CCC[C@H](c2cc3c(Cl)ccnc3[nH]2)C1. The van der Waals surface area contributed by atoms with Gasteiger partial charge >= 0.3 is 0 Å². The van der Waals surface area contributed by atoms with Gasteiger partial charge in [0, 0.05) is 43.2 Å². The number of nitrogens with one attached hydrogen (secondary N) is 1. The van der Waals surface area contributed by atoms with Gasteiger partial charge in [0.1, 0.15) is 5.65 Å². The zero-order chi connectivity index (χ0) is 13.4. The van der Waals surface area contributed by atoms with Gasteiger partial charge in [-0.15, -0.1) is 0 Å². The normalized spacial score (nSPS) is 19.9. The first-order valence-corrected chi connectivity index (χ1v) is 6.91. The number of pyridine rings is 1. The van der Waals surface area contributed by atoms with Crippen LogP contribution in [0.2, 0.25) is 5.02 Å². The van der Waals surface area contributed by atoms with Gasteiger partial charge in [-0.05, 0) is 25.0 Å². The number of halogens is 1. The van der Waals surface area contributed by atoms with Crippen LogP contribution in [-0.4, -0.2) is 33.9 Å². The van der Waals surface area contributed by atoms with E-state index in [-0.39, 0.29) is 5.91 Å². The van der Waals surface area contributed by atoms with Crippen molar-refractivity contribution < 1.29 is 4.79 Å². The fraction of sp³-hybridized carbons (Fsp3) is 0.429. The topological polar surface area (TPSA) is 49.0 Å². The number of aromatic amines is 1. The van der Waals surface area contributed by atoms with Gasteiger partial charge < -0.3 is 9.88 Å². The molecule has 0 unspecified atom stereocenters. The summed E-state index contributed by atoms with van der Waals surface area (Å²) in [6.45, 7) is 3.27. The van der Waals surface area contributed by atoms with Crippen molar-refractivity contribution in [2.45, 2.75) is 25.7 Å². The van der Waals surface area contributed by atoms with Crippen molar-refractivity contribution in [1.82, 2.24) is 14.9 Å². The molecule has 2 aromatic heterocycles. The number of hydrogen-bond acceptors (Lipinski definition) is 2. The summed E-state index contributed by atoms with van der Waals surface area (Å²) in [5.41, 5.74) is 1.95. The third-order valence-corrected chi connectivity index (χ3v) is 4.14. The third-order valence-electron chi connectivity index (χ3n) is 3.81. The molecule has 0 aliphatic carbocycles. The van der Waals surface area contributed by atoms with E-state index in [1.165, 1.54) is 0 Å². The lowest BCUT2D eigenvalue weighted by Gasteiger charge is -2.31. The average molecular weight is 278 g/mol. The number of likely N-dealkylation sites (tertiary alicyclic amines) is 1. The number of aromatic nitrogens is 2. The zero-order valence-corrected chi connectivity index (χ0v) is 11.6. The van der Waals surface area contributed by atoms with Gasteiger partial charge in [0.05, 0.1) is 5.02 Å². The zero-order valence-electron chi connectivity index (χ0n) is 10.8. The summed E-state index contributed by atoms with van der Waals surface area (Å²) >= 11 is 6.16. The lowest BCUT2D eigenvalue weighted by Crippen LogP contribution is -2.37. The minimum atomic E-state index is 0.150. The van der Waals surface area contributed by atoms with Crippen molar-refractivity contribution in [2.75, 3.05) is 13.1 Å². The molecule has 1 N–H and O–H groups in total. The van der Waals surface area contributed by atoms with Crippen molar-refractivity contribution in [1.29, 1.82) is 0 Å². The van der Waals surface area contributed by atoms with Gasteiger partial charge in [-0.25, -0.2) is 4.98 Å². The van der Waals surface area contributed by atoms with Gasteiger partial charge in [-0.2, -0.15) is 0 Å². The summed E-state index contributed by atoms with van der Waals surface area (Å²) in [5.74, 6) is 0.500. The van der Waals surface area contributed by atoms with Gasteiger partial charge in [0.2, 0.25) is 5.91 Å². The third kappa shape index (κ3) is 2.32. The molecule has 0 radical (unpaired) electrons. The number of amides is 1. The highest BCUT2D eigenvalue weighted by molar-refractivity contribution is 6.35. The largest absolute Gasteiger partial charge is 0.343 e. The van der Waals surface area contributed by atoms with Crippen LogP contribution in [0.5, 0.6) is 0 Å². The van der Waals surface area contributed by atoms with E-state index in [2.05, 4.69) is 16.0 Å². The second-order valence-electron chi connectivity index (χ2n) is 5.08. The van der Waals surface area contributed by atoms with E-state index in [0.717, 1.165) is 42.7 Å². The quantitative estimate of drug-likeness (QED) is 0.871. The Hall–Kier alpha value is -1.55. The predicted molar refractivity (Wildman–Crippen MR) is 75.3 cm³/mol. The van der Waals surface area contributed by atoms with Gasteiger partial charge in [-0.1, -0.05) is 11.6 Å². The first kappa shape index (κ1) is 12.5. The van der Waals surface area contributed by atoms with Crippen LogP contribution in [0.25, 0.3) is 11.0 Å². The van der Waals surface area contributed by atoms with E-state index < -0.39 is 0 Å². The van der Waals surface area contributed by atoms with Crippen molar-refractivity contribution in [2.24, 2.45) is 0 Å². The van der Waals surface area contributed by atoms with Crippen LogP contribution in [0.1, 0.15) is 31.4 Å². The monoisotopic (exact) mass is 277 g/mol. The maximum atomic E-state index is 11.5. The first-order valence-electron chi connectivity index (χ1n) is 6.54. The Balaban J connectivity index is 1.91. The molecule has 4 nitrogen and oxygen atoms in total. The lowest BCUT2D eigenvalue weighted by molar-refractivity contribution is -0.130. The van der Waals surface area contributed by atoms with Gasteiger partial charge in [-0.3, -0.25) is 4.79 Å². The number of nitrogens with zero attached hydrogens (tertiary/aromatic N) is 2. The molecular formula is C14H16ClN3O. The van der Waals surface area contributed by atoms with Gasteiger partial charge in [0.25, 0.3) is 0 Å². The van der Waals surface area contributed by atoms with Crippen LogP contribution < -0.4 is 0 Å². The Morgan fingerprint density at radius 1 is 1.58 bits per heavy atom. The molecule has 1 atom stereocenters. The Bertz CT molecular complexity index is 622. The van der Waals surface area contributed by atoms with E-state index in [9.17, 15) is 4.79 Å². The number of carbonyl (C=O) groups excluding carboxylic acids is 1. The molecule has 0 spiro atoms. The highest BCUT2D eigenvalue weighted by Crippen LogP contribution is 2.30.